The van der Waals surface area contributed by atoms with Crippen LogP contribution in [0.2, 0.25) is 5.02 Å². The molecule has 3 heterocycles. The molecule has 0 aromatic carbocycles. The third-order valence-corrected chi connectivity index (χ3v) is 5.92. The van der Waals surface area contributed by atoms with Crippen molar-refractivity contribution in [3.63, 3.8) is 0 Å². The third-order valence-electron chi connectivity index (χ3n) is 4.96. The Hall–Kier alpha value is -1.57. The van der Waals surface area contributed by atoms with Crippen LogP contribution in [-0.4, -0.2) is 98.6 Å². The van der Waals surface area contributed by atoms with E-state index in [1.54, 1.807) is 36.9 Å². The van der Waals surface area contributed by atoms with Crippen LogP contribution >= 0.6 is 55.9 Å². The number of alkyl halides is 2. The SMILES string of the molecule is BrCCN(CCBr)c1ccncc1.Cl.Clc1ccncc1.OCCCCCO.OCCN(CCO)c1ccncc1. The first-order chi connectivity index (χ1) is 19.6. The minimum absolute atomic E-state index is 0. The summed E-state index contributed by atoms with van der Waals surface area (Å²) in [6.45, 7) is 3.78. The van der Waals surface area contributed by atoms with Gasteiger partial charge in [-0.15, -0.1) is 12.4 Å². The molecule has 3 aromatic heterocycles. The van der Waals surface area contributed by atoms with Gasteiger partial charge < -0.3 is 30.2 Å². The van der Waals surface area contributed by atoms with Crippen LogP contribution < -0.4 is 9.80 Å². The number of nitrogens with zero attached hydrogens (tertiary/aromatic N) is 5. The zero-order valence-corrected chi connectivity index (χ0v) is 27.9. The van der Waals surface area contributed by atoms with Gasteiger partial charge in [-0.2, -0.15) is 0 Å². The molecule has 0 aliphatic heterocycles. The maximum Gasteiger partial charge on any atom is 0.0606 e. The summed E-state index contributed by atoms with van der Waals surface area (Å²) >= 11 is 12.4. The molecule has 0 spiro atoms. The Kier molecular flexibility index (Phi) is 31.8. The highest BCUT2D eigenvalue weighted by Gasteiger charge is 2.04. The zero-order valence-electron chi connectivity index (χ0n) is 23.2. The van der Waals surface area contributed by atoms with E-state index in [1.807, 2.05) is 41.6 Å². The summed E-state index contributed by atoms with van der Waals surface area (Å²) < 4.78 is 0. The summed E-state index contributed by atoms with van der Waals surface area (Å²) in [4.78, 5) is 15.9. The fourth-order valence-corrected chi connectivity index (χ4v) is 4.00. The van der Waals surface area contributed by atoms with Gasteiger partial charge in [0.05, 0.1) is 13.2 Å². The van der Waals surface area contributed by atoms with E-state index in [-0.39, 0.29) is 38.8 Å². The highest BCUT2D eigenvalue weighted by Crippen LogP contribution is 2.12. The minimum atomic E-state index is 0. The summed E-state index contributed by atoms with van der Waals surface area (Å²) in [6.07, 6.45) is 12.9. The maximum atomic E-state index is 8.79. The van der Waals surface area contributed by atoms with E-state index in [0.717, 1.165) is 53.7 Å². The minimum Gasteiger partial charge on any atom is -0.396 e. The van der Waals surface area contributed by atoms with E-state index in [1.165, 1.54) is 5.69 Å². The number of aliphatic hydroxyl groups excluding tert-OH is 4. The molecule has 3 rings (SSSR count). The number of hydrogen-bond donors (Lipinski definition) is 4. The van der Waals surface area contributed by atoms with Gasteiger partial charge in [0.15, 0.2) is 0 Å². The van der Waals surface area contributed by atoms with Crippen molar-refractivity contribution in [2.75, 3.05) is 73.1 Å². The molecule has 0 saturated carbocycles. The number of aromatic nitrogens is 3. The highest BCUT2D eigenvalue weighted by molar-refractivity contribution is 9.09. The molecule has 41 heavy (non-hydrogen) atoms. The van der Waals surface area contributed by atoms with Crippen LogP contribution in [-0.2, 0) is 0 Å². The lowest BCUT2D eigenvalue weighted by molar-refractivity contribution is 0.257. The van der Waals surface area contributed by atoms with Gasteiger partial charge in [0.1, 0.15) is 0 Å². The smallest absolute Gasteiger partial charge is 0.0606 e. The lowest BCUT2D eigenvalue weighted by atomic mass is 10.2. The summed E-state index contributed by atoms with van der Waals surface area (Å²) in [7, 11) is 0. The number of rotatable bonds is 14. The van der Waals surface area contributed by atoms with E-state index in [4.69, 9.17) is 32.0 Å². The van der Waals surface area contributed by atoms with Gasteiger partial charge in [-0.1, -0.05) is 43.5 Å². The zero-order chi connectivity index (χ0) is 29.7. The Bertz CT molecular complexity index is 846. The molecular weight excluding hydrogens is 701 g/mol. The fourth-order valence-electron chi connectivity index (χ4n) is 3.03. The van der Waals surface area contributed by atoms with Crippen LogP contribution in [0.1, 0.15) is 19.3 Å². The van der Waals surface area contributed by atoms with Crippen molar-refractivity contribution in [3.8, 4) is 0 Å². The molecule has 0 saturated heterocycles. The normalized spacial score (nSPS) is 9.44. The first-order valence-corrected chi connectivity index (χ1v) is 15.6. The topological polar surface area (TPSA) is 126 Å². The van der Waals surface area contributed by atoms with Gasteiger partial charge in [0, 0.05) is 104 Å². The number of aliphatic hydroxyl groups is 4. The first kappa shape index (κ1) is 41.6. The predicted octanol–water partition coefficient (Wildman–Crippen LogP) is 4.85. The molecule has 232 valence electrons. The van der Waals surface area contributed by atoms with Gasteiger partial charge in [0.25, 0.3) is 0 Å². The summed E-state index contributed by atoms with van der Waals surface area (Å²) in [5, 5.41) is 36.7. The van der Waals surface area contributed by atoms with Gasteiger partial charge in [-0.25, -0.2) is 0 Å². The van der Waals surface area contributed by atoms with Gasteiger partial charge in [-0.05, 0) is 55.7 Å². The quantitative estimate of drug-likeness (QED) is 0.136. The molecule has 0 bridgehead atoms. The second kappa shape index (κ2) is 31.4. The van der Waals surface area contributed by atoms with Crippen molar-refractivity contribution in [1.82, 2.24) is 15.0 Å². The Morgan fingerprint density at radius 2 is 0.878 bits per heavy atom. The summed E-state index contributed by atoms with van der Waals surface area (Å²) in [5.41, 5.74) is 2.20. The van der Waals surface area contributed by atoms with Crippen LogP contribution in [0.3, 0.4) is 0 Å². The van der Waals surface area contributed by atoms with E-state index in [9.17, 15) is 0 Å². The number of unbranched alkanes of at least 4 members (excludes halogenated alkanes) is 2. The van der Waals surface area contributed by atoms with Crippen molar-refractivity contribution in [2.45, 2.75) is 19.3 Å². The average Bonchev–Trinajstić information content (AvgIpc) is 3.00. The summed E-state index contributed by atoms with van der Waals surface area (Å²) in [6, 6.07) is 11.2. The van der Waals surface area contributed by atoms with Crippen LogP contribution in [0.4, 0.5) is 11.4 Å². The fraction of sp³-hybridized carbons (Fsp3) is 0.464. The largest absolute Gasteiger partial charge is 0.396 e. The lowest BCUT2D eigenvalue weighted by Crippen LogP contribution is -2.29. The van der Waals surface area contributed by atoms with E-state index >= 15 is 0 Å². The molecule has 9 nitrogen and oxygen atoms in total. The standard InChI is InChI=1S/C9H12Br2N2.C9H14N2O2.C5H4ClN.C5H12O2.ClH/c10-3-7-13(8-4-11)9-1-5-12-6-2-9;12-7-5-11(6-8-13)9-1-3-10-4-2-9;6-5-1-3-7-4-2-5;6-4-2-1-3-5-7;/h1-2,5-6H,3-4,7-8H2;1-4,12-13H,5-8H2;1-4H;6-7H,1-5H2;1H. The van der Waals surface area contributed by atoms with Gasteiger partial charge in [-0.3, -0.25) is 15.0 Å². The van der Waals surface area contributed by atoms with Crippen LogP contribution in [0.5, 0.6) is 0 Å². The second-order valence-electron chi connectivity index (χ2n) is 7.88. The Balaban J connectivity index is 0. The average molecular weight is 744 g/mol. The van der Waals surface area contributed by atoms with Crippen LogP contribution in [0.15, 0.2) is 73.6 Å². The van der Waals surface area contributed by atoms with E-state index in [0.29, 0.717) is 13.1 Å². The van der Waals surface area contributed by atoms with Crippen molar-refractivity contribution in [1.29, 1.82) is 0 Å². The molecule has 0 atom stereocenters. The monoisotopic (exact) mass is 741 g/mol. The molecule has 0 aliphatic carbocycles. The second-order valence-corrected chi connectivity index (χ2v) is 9.91. The Morgan fingerprint density at radius 3 is 1.15 bits per heavy atom. The van der Waals surface area contributed by atoms with Crippen molar-refractivity contribution >= 4 is 67.2 Å². The van der Waals surface area contributed by atoms with E-state index in [2.05, 4.69) is 51.7 Å². The maximum absolute atomic E-state index is 8.79. The molecule has 4 N–H and O–H groups in total. The number of pyridine rings is 3. The van der Waals surface area contributed by atoms with Crippen LogP contribution in [0.25, 0.3) is 0 Å². The van der Waals surface area contributed by atoms with E-state index < -0.39 is 0 Å². The number of halogens is 4. The molecule has 0 radical (unpaired) electrons. The first-order valence-electron chi connectivity index (χ1n) is 13.0. The molecule has 0 unspecified atom stereocenters. The lowest BCUT2D eigenvalue weighted by Gasteiger charge is -2.22. The van der Waals surface area contributed by atoms with Crippen molar-refractivity contribution in [2.24, 2.45) is 0 Å². The van der Waals surface area contributed by atoms with Crippen molar-refractivity contribution in [3.05, 3.63) is 78.6 Å². The van der Waals surface area contributed by atoms with Crippen LogP contribution in [0, 0.1) is 0 Å². The third kappa shape index (κ3) is 23.7. The molecule has 0 aliphatic rings. The predicted molar refractivity (Wildman–Crippen MR) is 179 cm³/mol. The number of anilines is 2. The highest BCUT2D eigenvalue weighted by atomic mass is 79.9. The van der Waals surface area contributed by atoms with Gasteiger partial charge in [0.2, 0.25) is 0 Å². The van der Waals surface area contributed by atoms with Crippen molar-refractivity contribution < 1.29 is 20.4 Å². The number of hydrogen-bond acceptors (Lipinski definition) is 9. The molecule has 13 heteroatoms. The summed E-state index contributed by atoms with van der Waals surface area (Å²) in [5.74, 6) is 0. The Morgan fingerprint density at radius 1 is 0.537 bits per heavy atom. The molecule has 0 amide bonds. The Labute approximate surface area is 272 Å². The molecule has 0 fully saturated rings. The molecular formula is C28H43Br2Cl2N5O4. The van der Waals surface area contributed by atoms with Gasteiger partial charge >= 0.3 is 0 Å². The molecule has 3 aromatic rings.